The van der Waals surface area contributed by atoms with Crippen molar-refractivity contribution >= 4 is 6.03 Å². The molecule has 2 unspecified atom stereocenters. The summed E-state index contributed by atoms with van der Waals surface area (Å²) in [7, 11) is 0. The van der Waals surface area contributed by atoms with Gasteiger partial charge in [0.15, 0.2) is 0 Å². The molecule has 4 nitrogen and oxygen atoms in total. The second kappa shape index (κ2) is 8.52. The maximum atomic E-state index is 12.3. The van der Waals surface area contributed by atoms with Crippen LogP contribution in [0.15, 0.2) is 30.3 Å². The SMILES string of the molecule is CC1CCCCC1NC(=O)NC1CCN(Cc2ccccc2)CC1. The van der Waals surface area contributed by atoms with Crippen LogP contribution in [0, 0.1) is 5.92 Å². The van der Waals surface area contributed by atoms with Gasteiger partial charge in [-0.3, -0.25) is 4.90 Å². The van der Waals surface area contributed by atoms with Gasteiger partial charge in [-0.05, 0) is 37.2 Å². The molecule has 2 aliphatic rings. The maximum absolute atomic E-state index is 12.3. The van der Waals surface area contributed by atoms with Crippen LogP contribution in [0.1, 0.15) is 51.0 Å². The molecular weight excluding hydrogens is 298 g/mol. The number of benzene rings is 1. The summed E-state index contributed by atoms with van der Waals surface area (Å²) in [4.78, 5) is 14.7. The molecule has 1 aromatic rings. The lowest BCUT2D eigenvalue weighted by Crippen LogP contribution is -2.51. The lowest BCUT2D eigenvalue weighted by atomic mass is 9.86. The van der Waals surface area contributed by atoms with E-state index in [-0.39, 0.29) is 6.03 Å². The summed E-state index contributed by atoms with van der Waals surface area (Å²) in [5.41, 5.74) is 1.37. The van der Waals surface area contributed by atoms with Gasteiger partial charge in [-0.2, -0.15) is 0 Å². The molecule has 132 valence electrons. The van der Waals surface area contributed by atoms with Gasteiger partial charge in [0.25, 0.3) is 0 Å². The summed E-state index contributed by atoms with van der Waals surface area (Å²) >= 11 is 0. The van der Waals surface area contributed by atoms with E-state index >= 15 is 0 Å². The highest BCUT2D eigenvalue weighted by atomic mass is 16.2. The van der Waals surface area contributed by atoms with Gasteiger partial charge in [0, 0.05) is 31.7 Å². The number of carbonyl (C=O) groups is 1. The molecule has 0 radical (unpaired) electrons. The molecule has 2 fully saturated rings. The predicted molar refractivity (Wildman–Crippen MR) is 97.8 cm³/mol. The van der Waals surface area contributed by atoms with Crippen LogP contribution in [0.4, 0.5) is 4.79 Å². The number of rotatable bonds is 4. The van der Waals surface area contributed by atoms with Gasteiger partial charge in [0.1, 0.15) is 0 Å². The third-order valence-corrected chi connectivity index (χ3v) is 5.60. The van der Waals surface area contributed by atoms with Crippen molar-refractivity contribution in [3.63, 3.8) is 0 Å². The number of hydrogen-bond donors (Lipinski definition) is 2. The molecule has 24 heavy (non-hydrogen) atoms. The fraction of sp³-hybridized carbons (Fsp3) is 0.650. The van der Waals surface area contributed by atoms with E-state index in [1.165, 1.54) is 24.8 Å². The number of nitrogens with zero attached hydrogens (tertiary/aromatic N) is 1. The predicted octanol–water partition coefficient (Wildman–Crippen LogP) is 3.53. The monoisotopic (exact) mass is 329 g/mol. The van der Waals surface area contributed by atoms with E-state index in [0.717, 1.165) is 38.9 Å². The molecule has 1 aliphatic heterocycles. The molecule has 1 saturated heterocycles. The smallest absolute Gasteiger partial charge is 0.315 e. The first-order chi connectivity index (χ1) is 11.7. The molecule has 4 heteroatoms. The zero-order valence-electron chi connectivity index (χ0n) is 14.8. The fourth-order valence-electron chi connectivity index (χ4n) is 4.00. The van der Waals surface area contributed by atoms with Crippen LogP contribution in [0.5, 0.6) is 0 Å². The van der Waals surface area contributed by atoms with Crippen molar-refractivity contribution < 1.29 is 4.79 Å². The lowest BCUT2D eigenvalue weighted by Gasteiger charge is -2.34. The molecule has 2 amide bonds. The third-order valence-electron chi connectivity index (χ3n) is 5.60. The van der Waals surface area contributed by atoms with Crippen LogP contribution in [-0.2, 0) is 6.54 Å². The zero-order chi connectivity index (χ0) is 16.8. The standard InChI is InChI=1S/C20H31N3O/c1-16-7-5-6-10-19(16)22-20(24)21-18-11-13-23(14-12-18)15-17-8-3-2-4-9-17/h2-4,8-9,16,18-19H,5-7,10-15H2,1H3,(H2,21,22,24). The zero-order valence-corrected chi connectivity index (χ0v) is 14.8. The Morgan fingerprint density at radius 2 is 1.75 bits per heavy atom. The number of piperidine rings is 1. The number of carbonyl (C=O) groups excluding carboxylic acids is 1. The van der Waals surface area contributed by atoms with E-state index in [4.69, 9.17) is 0 Å². The van der Waals surface area contributed by atoms with E-state index in [0.29, 0.717) is 18.0 Å². The molecule has 0 aromatic heterocycles. The highest BCUT2D eigenvalue weighted by Gasteiger charge is 2.25. The van der Waals surface area contributed by atoms with Gasteiger partial charge >= 0.3 is 6.03 Å². The van der Waals surface area contributed by atoms with Crippen LogP contribution in [-0.4, -0.2) is 36.1 Å². The molecular formula is C20H31N3O. The van der Waals surface area contributed by atoms with E-state index in [2.05, 4.69) is 52.8 Å². The number of urea groups is 1. The van der Waals surface area contributed by atoms with E-state index < -0.39 is 0 Å². The Morgan fingerprint density at radius 3 is 2.46 bits per heavy atom. The Morgan fingerprint density at radius 1 is 1.04 bits per heavy atom. The molecule has 0 spiro atoms. The molecule has 2 atom stereocenters. The van der Waals surface area contributed by atoms with Crippen molar-refractivity contribution in [2.75, 3.05) is 13.1 Å². The lowest BCUT2D eigenvalue weighted by molar-refractivity contribution is 0.182. The molecule has 1 aliphatic carbocycles. The molecule has 0 bridgehead atoms. The quantitative estimate of drug-likeness (QED) is 0.887. The van der Waals surface area contributed by atoms with Crippen LogP contribution in [0.2, 0.25) is 0 Å². The molecule has 1 saturated carbocycles. The Bertz CT molecular complexity index is 511. The van der Waals surface area contributed by atoms with Gasteiger partial charge in [-0.25, -0.2) is 4.79 Å². The summed E-state index contributed by atoms with van der Waals surface area (Å²) in [6.07, 6.45) is 7.00. The highest BCUT2D eigenvalue weighted by Crippen LogP contribution is 2.23. The Kier molecular flexibility index (Phi) is 6.13. The topological polar surface area (TPSA) is 44.4 Å². The minimum atomic E-state index is 0.0373. The van der Waals surface area contributed by atoms with Gasteiger partial charge in [0.2, 0.25) is 0 Å². The van der Waals surface area contributed by atoms with Crippen molar-refractivity contribution in [2.45, 2.75) is 64.1 Å². The Hall–Kier alpha value is -1.55. The summed E-state index contributed by atoms with van der Waals surface area (Å²) < 4.78 is 0. The first-order valence-corrected chi connectivity index (χ1v) is 9.54. The second-order valence-electron chi connectivity index (χ2n) is 7.52. The summed E-state index contributed by atoms with van der Waals surface area (Å²) in [6.45, 7) is 5.38. The van der Waals surface area contributed by atoms with Crippen molar-refractivity contribution in [2.24, 2.45) is 5.92 Å². The van der Waals surface area contributed by atoms with Gasteiger partial charge < -0.3 is 10.6 Å². The average molecular weight is 329 g/mol. The number of hydrogen-bond acceptors (Lipinski definition) is 2. The van der Waals surface area contributed by atoms with Gasteiger partial charge in [-0.1, -0.05) is 50.1 Å². The van der Waals surface area contributed by atoms with Crippen LogP contribution >= 0.6 is 0 Å². The molecule has 3 rings (SSSR count). The fourth-order valence-corrected chi connectivity index (χ4v) is 4.00. The van der Waals surface area contributed by atoms with Crippen molar-refractivity contribution in [3.05, 3.63) is 35.9 Å². The minimum absolute atomic E-state index is 0.0373. The van der Waals surface area contributed by atoms with Crippen LogP contribution in [0.25, 0.3) is 0 Å². The number of likely N-dealkylation sites (tertiary alicyclic amines) is 1. The van der Waals surface area contributed by atoms with Gasteiger partial charge in [0.05, 0.1) is 0 Å². The van der Waals surface area contributed by atoms with Crippen LogP contribution < -0.4 is 10.6 Å². The van der Waals surface area contributed by atoms with E-state index in [1.54, 1.807) is 0 Å². The second-order valence-corrected chi connectivity index (χ2v) is 7.52. The Labute approximate surface area is 146 Å². The normalized spacial score (nSPS) is 26.0. The first kappa shape index (κ1) is 17.3. The van der Waals surface area contributed by atoms with E-state index in [1.807, 2.05) is 0 Å². The largest absolute Gasteiger partial charge is 0.335 e. The summed E-state index contributed by atoms with van der Waals surface area (Å²) in [5, 5.41) is 6.40. The van der Waals surface area contributed by atoms with E-state index in [9.17, 15) is 4.79 Å². The van der Waals surface area contributed by atoms with Crippen molar-refractivity contribution in [1.82, 2.24) is 15.5 Å². The average Bonchev–Trinajstić information content (AvgIpc) is 2.60. The number of amides is 2. The van der Waals surface area contributed by atoms with Gasteiger partial charge in [-0.15, -0.1) is 0 Å². The summed E-state index contributed by atoms with van der Waals surface area (Å²) in [5.74, 6) is 0.609. The molecule has 2 N–H and O–H groups in total. The summed E-state index contributed by atoms with van der Waals surface area (Å²) in [6, 6.07) is 11.3. The Balaban J connectivity index is 1.38. The highest BCUT2D eigenvalue weighted by molar-refractivity contribution is 5.74. The minimum Gasteiger partial charge on any atom is -0.335 e. The van der Waals surface area contributed by atoms with Crippen molar-refractivity contribution in [1.29, 1.82) is 0 Å². The molecule has 1 aromatic carbocycles. The third kappa shape index (κ3) is 4.97. The first-order valence-electron chi connectivity index (χ1n) is 9.54. The van der Waals surface area contributed by atoms with Crippen molar-refractivity contribution in [3.8, 4) is 0 Å². The number of nitrogens with one attached hydrogen (secondary N) is 2. The maximum Gasteiger partial charge on any atom is 0.315 e. The van der Waals surface area contributed by atoms with Crippen LogP contribution in [0.3, 0.4) is 0 Å². The molecule has 1 heterocycles.